The standard InChI is InChI=1S/C23H30NO3P/c1-24(2)20-14-16-22(17-15-20)28(26,27-21-11-7-4-8-12-21)23(25)18-13-19-9-5-3-6-10-19/h3,5-6,9-10,13-18,21,23,25H,4,7-8,11-12H2,1-2H3. The van der Waals surface area contributed by atoms with Crippen molar-refractivity contribution in [2.45, 2.75) is 44.1 Å². The van der Waals surface area contributed by atoms with E-state index in [0.717, 1.165) is 36.9 Å². The molecule has 150 valence electrons. The zero-order chi connectivity index (χ0) is 20.0. The quantitative estimate of drug-likeness (QED) is 0.663. The van der Waals surface area contributed by atoms with E-state index in [1.54, 1.807) is 12.2 Å². The van der Waals surface area contributed by atoms with Crippen LogP contribution in [0.2, 0.25) is 0 Å². The number of aliphatic hydroxyl groups is 1. The molecule has 4 nitrogen and oxygen atoms in total. The number of aliphatic hydroxyl groups excluding tert-OH is 1. The fourth-order valence-electron chi connectivity index (χ4n) is 3.50. The summed E-state index contributed by atoms with van der Waals surface area (Å²) < 4.78 is 20.1. The lowest BCUT2D eigenvalue weighted by Crippen LogP contribution is -2.24. The smallest absolute Gasteiger partial charge is 0.263 e. The van der Waals surface area contributed by atoms with Crippen LogP contribution in [0.3, 0.4) is 0 Å². The minimum atomic E-state index is -3.47. The van der Waals surface area contributed by atoms with Crippen LogP contribution in [0.15, 0.2) is 60.7 Å². The van der Waals surface area contributed by atoms with Gasteiger partial charge in [-0.1, -0.05) is 55.7 Å². The maximum atomic E-state index is 13.9. The van der Waals surface area contributed by atoms with Crippen molar-refractivity contribution >= 4 is 24.4 Å². The molecule has 0 radical (unpaired) electrons. The average Bonchev–Trinajstić information content (AvgIpc) is 2.73. The van der Waals surface area contributed by atoms with Gasteiger partial charge in [-0.15, -0.1) is 0 Å². The molecule has 2 aromatic carbocycles. The highest BCUT2D eigenvalue weighted by Crippen LogP contribution is 2.53. The van der Waals surface area contributed by atoms with Crippen LogP contribution >= 0.6 is 7.37 Å². The Morgan fingerprint density at radius 3 is 2.29 bits per heavy atom. The van der Waals surface area contributed by atoms with Crippen molar-refractivity contribution in [1.82, 2.24) is 0 Å². The molecular formula is C23H30NO3P. The maximum absolute atomic E-state index is 13.9. The van der Waals surface area contributed by atoms with E-state index < -0.39 is 13.2 Å². The lowest BCUT2D eigenvalue weighted by atomic mass is 9.98. The zero-order valence-electron chi connectivity index (χ0n) is 16.7. The Hall–Kier alpha value is -1.87. The van der Waals surface area contributed by atoms with E-state index in [-0.39, 0.29) is 6.10 Å². The molecule has 0 bridgehead atoms. The second-order valence-corrected chi connectivity index (χ2v) is 10.0. The normalized spacial score (nSPS) is 18.7. The molecule has 0 aromatic heterocycles. The molecular weight excluding hydrogens is 369 g/mol. The van der Waals surface area contributed by atoms with Crippen LogP contribution in [0, 0.1) is 0 Å². The van der Waals surface area contributed by atoms with Crippen LogP contribution < -0.4 is 10.2 Å². The summed E-state index contributed by atoms with van der Waals surface area (Å²) in [6, 6.07) is 17.2. The fourth-order valence-corrected chi connectivity index (χ4v) is 5.58. The summed E-state index contributed by atoms with van der Waals surface area (Å²) in [5.74, 6) is -1.18. The fraction of sp³-hybridized carbons (Fsp3) is 0.391. The third-order valence-corrected chi connectivity index (χ3v) is 7.69. The van der Waals surface area contributed by atoms with Crippen LogP contribution in [-0.4, -0.2) is 31.2 Å². The van der Waals surface area contributed by atoms with E-state index in [0.29, 0.717) is 5.30 Å². The first-order valence-corrected chi connectivity index (χ1v) is 11.7. The van der Waals surface area contributed by atoms with Gasteiger partial charge in [-0.3, -0.25) is 4.57 Å². The van der Waals surface area contributed by atoms with E-state index >= 15 is 0 Å². The lowest BCUT2D eigenvalue weighted by Gasteiger charge is -2.30. The van der Waals surface area contributed by atoms with Gasteiger partial charge in [-0.2, -0.15) is 0 Å². The zero-order valence-corrected chi connectivity index (χ0v) is 17.6. The Balaban J connectivity index is 1.88. The first-order valence-electron chi connectivity index (χ1n) is 9.96. The minimum absolute atomic E-state index is 0.0621. The average molecular weight is 399 g/mol. The number of hydrogen-bond acceptors (Lipinski definition) is 4. The molecule has 28 heavy (non-hydrogen) atoms. The van der Waals surface area contributed by atoms with Gasteiger partial charge in [-0.05, 0) is 48.7 Å². The van der Waals surface area contributed by atoms with Gasteiger partial charge in [-0.25, -0.2) is 0 Å². The van der Waals surface area contributed by atoms with Gasteiger partial charge in [0, 0.05) is 25.1 Å². The summed E-state index contributed by atoms with van der Waals surface area (Å²) in [6.07, 6.45) is 8.49. The maximum Gasteiger partial charge on any atom is 0.263 e. The second kappa shape index (κ2) is 9.56. The molecule has 1 saturated carbocycles. The number of benzene rings is 2. The summed E-state index contributed by atoms with van der Waals surface area (Å²) in [4.78, 5) is 1.99. The second-order valence-electron chi connectivity index (χ2n) is 7.56. The molecule has 3 rings (SSSR count). The van der Waals surface area contributed by atoms with Crippen LogP contribution in [-0.2, 0) is 9.09 Å². The van der Waals surface area contributed by atoms with Crippen molar-refractivity contribution in [2.24, 2.45) is 0 Å². The lowest BCUT2D eigenvalue weighted by molar-refractivity contribution is 0.145. The van der Waals surface area contributed by atoms with E-state index in [9.17, 15) is 9.67 Å². The van der Waals surface area contributed by atoms with Crippen LogP contribution in [0.1, 0.15) is 37.7 Å². The van der Waals surface area contributed by atoms with Crippen LogP contribution in [0.5, 0.6) is 0 Å². The Bertz CT molecular complexity index is 812. The monoisotopic (exact) mass is 399 g/mol. The van der Waals surface area contributed by atoms with Gasteiger partial charge in [0.15, 0.2) is 5.85 Å². The largest absolute Gasteiger partial charge is 0.378 e. The summed E-state index contributed by atoms with van der Waals surface area (Å²) in [5.41, 5.74) is 1.97. The summed E-state index contributed by atoms with van der Waals surface area (Å²) in [5, 5.41) is 11.5. The Kier molecular flexibility index (Phi) is 7.12. The Labute approximate surface area is 168 Å². The van der Waals surface area contributed by atoms with E-state index in [1.807, 2.05) is 73.6 Å². The topological polar surface area (TPSA) is 49.8 Å². The van der Waals surface area contributed by atoms with Crippen LogP contribution in [0.25, 0.3) is 6.08 Å². The molecule has 1 aliphatic carbocycles. The van der Waals surface area contributed by atoms with Crippen molar-refractivity contribution in [3.05, 3.63) is 66.2 Å². The molecule has 5 heteroatoms. The summed E-state index contributed by atoms with van der Waals surface area (Å²) >= 11 is 0. The molecule has 1 aliphatic rings. The molecule has 0 spiro atoms. The molecule has 2 unspecified atom stereocenters. The van der Waals surface area contributed by atoms with Crippen LogP contribution in [0.4, 0.5) is 5.69 Å². The number of nitrogens with zero attached hydrogens (tertiary/aromatic N) is 1. The first-order chi connectivity index (χ1) is 13.5. The van der Waals surface area contributed by atoms with Crippen molar-refractivity contribution in [3.8, 4) is 0 Å². The Morgan fingerprint density at radius 1 is 1.04 bits per heavy atom. The highest BCUT2D eigenvalue weighted by Gasteiger charge is 2.36. The number of anilines is 1. The minimum Gasteiger partial charge on any atom is -0.378 e. The van der Waals surface area contributed by atoms with E-state index in [4.69, 9.17) is 4.52 Å². The van der Waals surface area contributed by atoms with Gasteiger partial charge in [0.2, 0.25) is 0 Å². The summed E-state index contributed by atoms with van der Waals surface area (Å²) in [7, 11) is 0.458. The third-order valence-electron chi connectivity index (χ3n) is 5.19. The Morgan fingerprint density at radius 2 is 1.68 bits per heavy atom. The van der Waals surface area contributed by atoms with Crippen molar-refractivity contribution < 1.29 is 14.2 Å². The van der Waals surface area contributed by atoms with Gasteiger partial charge < -0.3 is 14.5 Å². The van der Waals surface area contributed by atoms with Gasteiger partial charge in [0.25, 0.3) is 7.37 Å². The van der Waals surface area contributed by atoms with E-state index in [2.05, 4.69) is 0 Å². The highest BCUT2D eigenvalue weighted by molar-refractivity contribution is 7.67. The van der Waals surface area contributed by atoms with Crippen molar-refractivity contribution in [1.29, 1.82) is 0 Å². The predicted molar refractivity (Wildman–Crippen MR) is 117 cm³/mol. The predicted octanol–water partition coefficient (Wildman–Crippen LogP) is 5.04. The molecule has 0 amide bonds. The first kappa shape index (κ1) is 20.9. The number of rotatable bonds is 7. The third kappa shape index (κ3) is 5.14. The molecule has 1 N–H and O–H groups in total. The van der Waals surface area contributed by atoms with Crippen molar-refractivity contribution in [3.63, 3.8) is 0 Å². The number of hydrogen-bond donors (Lipinski definition) is 1. The SMILES string of the molecule is CN(C)c1ccc(P(=O)(OC2CCCCC2)C(O)C=Cc2ccccc2)cc1. The van der Waals surface area contributed by atoms with Gasteiger partial charge >= 0.3 is 0 Å². The summed E-state index contributed by atoms with van der Waals surface area (Å²) in [6.45, 7) is 0. The molecule has 0 heterocycles. The molecule has 1 fully saturated rings. The van der Waals surface area contributed by atoms with Gasteiger partial charge in [0.1, 0.15) is 0 Å². The highest BCUT2D eigenvalue weighted by atomic mass is 31.2. The van der Waals surface area contributed by atoms with E-state index in [1.165, 1.54) is 6.42 Å². The van der Waals surface area contributed by atoms with Gasteiger partial charge in [0.05, 0.1) is 6.10 Å². The molecule has 0 aliphatic heterocycles. The molecule has 2 atom stereocenters. The molecule has 2 aromatic rings. The molecule has 0 saturated heterocycles. The van der Waals surface area contributed by atoms with Crippen molar-refractivity contribution in [2.75, 3.05) is 19.0 Å².